The average Bonchev–Trinajstić information content (AvgIpc) is 2.48. The lowest BCUT2D eigenvalue weighted by Gasteiger charge is -2.16. The van der Waals surface area contributed by atoms with E-state index in [0.717, 1.165) is 6.26 Å². The van der Waals surface area contributed by atoms with E-state index >= 15 is 0 Å². The predicted octanol–water partition coefficient (Wildman–Crippen LogP) is 1.18. The van der Waals surface area contributed by atoms with Crippen molar-refractivity contribution < 1.29 is 27.9 Å². The van der Waals surface area contributed by atoms with Crippen LogP contribution in [0.3, 0.4) is 0 Å². The van der Waals surface area contributed by atoms with E-state index in [1.165, 1.54) is 17.0 Å². The van der Waals surface area contributed by atoms with Crippen LogP contribution in [-0.2, 0) is 19.4 Å². The Balaban J connectivity index is 2.32. The molecule has 23 heavy (non-hydrogen) atoms. The predicted molar refractivity (Wildman–Crippen MR) is 84.2 cm³/mol. The summed E-state index contributed by atoms with van der Waals surface area (Å²) < 4.78 is 28.1. The number of nitrogens with zero attached hydrogens (tertiary/aromatic N) is 1. The Bertz CT molecular complexity index is 638. The monoisotopic (exact) mass is 343 g/mol. The third kappa shape index (κ3) is 7.14. The molecule has 1 aromatic rings. The Morgan fingerprint density at radius 2 is 1.78 bits per heavy atom. The second-order valence-corrected chi connectivity index (χ2v) is 7.17. The van der Waals surface area contributed by atoms with Crippen LogP contribution in [0.1, 0.15) is 19.3 Å². The molecule has 1 rings (SSSR count). The topological polar surface area (TPSA) is 101 Å². The van der Waals surface area contributed by atoms with E-state index < -0.39 is 15.8 Å². The molecule has 0 spiro atoms. The molecule has 0 atom stereocenters. The van der Waals surface area contributed by atoms with E-state index in [9.17, 15) is 18.0 Å². The van der Waals surface area contributed by atoms with Crippen molar-refractivity contribution in [1.29, 1.82) is 0 Å². The highest BCUT2D eigenvalue weighted by molar-refractivity contribution is 7.90. The molecule has 0 aromatic heterocycles. The van der Waals surface area contributed by atoms with Crippen molar-refractivity contribution >= 4 is 21.7 Å². The molecule has 0 bridgehead atoms. The molecule has 7 nitrogen and oxygen atoms in total. The van der Waals surface area contributed by atoms with Crippen molar-refractivity contribution in [3.8, 4) is 5.75 Å². The van der Waals surface area contributed by atoms with Crippen LogP contribution in [0.2, 0.25) is 0 Å². The summed E-state index contributed by atoms with van der Waals surface area (Å²) in [4.78, 5) is 23.8. The zero-order valence-corrected chi connectivity index (χ0v) is 14.0. The number of sulfone groups is 1. The van der Waals surface area contributed by atoms with Crippen LogP contribution in [-0.4, -0.2) is 56.8 Å². The molecule has 0 fully saturated rings. The van der Waals surface area contributed by atoms with E-state index in [2.05, 4.69) is 0 Å². The Morgan fingerprint density at radius 1 is 1.17 bits per heavy atom. The summed E-state index contributed by atoms with van der Waals surface area (Å²) in [5.41, 5.74) is 0. The van der Waals surface area contributed by atoms with E-state index in [1.54, 1.807) is 19.2 Å². The van der Waals surface area contributed by atoms with E-state index in [0.29, 0.717) is 18.8 Å². The van der Waals surface area contributed by atoms with Crippen molar-refractivity contribution in [2.75, 3.05) is 26.5 Å². The Labute approximate surface area is 135 Å². The molecule has 0 heterocycles. The number of ether oxygens (including phenoxy) is 1. The molecular weight excluding hydrogens is 322 g/mol. The molecule has 1 N–H and O–H groups in total. The molecule has 0 saturated heterocycles. The molecule has 8 heteroatoms. The summed E-state index contributed by atoms with van der Waals surface area (Å²) in [7, 11) is -1.66. The minimum absolute atomic E-state index is 0.0780. The molecular formula is C15H21NO6S. The summed E-state index contributed by atoms with van der Waals surface area (Å²) in [5, 5.41) is 8.56. The Morgan fingerprint density at radius 3 is 2.30 bits per heavy atom. The number of aliphatic carboxylic acids is 1. The van der Waals surface area contributed by atoms with Crippen molar-refractivity contribution in [3.05, 3.63) is 24.3 Å². The fraction of sp³-hybridized carbons (Fsp3) is 0.467. The van der Waals surface area contributed by atoms with Crippen molar-refractivity contribution in [2.45, 2.75) is 24.2 Å². The smallest absolute Gasteiger partial charge is 0.305 e. The zero-order chi connectivity index (χ0) is 17.5. The van der Waals surface area contributed by atoms with Gasteiger partial charge in [-0.05, 0) is 30.7 Å². The first kappa shape index (κ1) is 19.0. The number of amides is 1. The first-order valence-electron chi connectivity index (χ1n) is 7.09. The molecule has 1 aromatic carbocycles. The normalized spacial score (nSPS) is 11.0. The van der Waals surface area contributed by atoms with E-state index in [-0.39, 0.29) is 30.2 Å². The van der Waals surface area contributed by atoms with Crippen LogP contribution >= 0.6 is 0 Å². The van der Waals surface area contributed by atoms with Gasteiger partial charge in [-0.25, -0.2) is 8.42 Å². The fourth-order valence-electron chi connectivity index (χ4n) is 1.78. The lowest BCUT2D eigenvalue weighted by atomic mass is 10.3. The standard InChI is InChI=1S/C15H21NO6S/c1-16(10-9-15(18)19)14(17)4-3-11-22-12-5-7-13(8-6-12)23(2,20)21/h5-8H,3-4,9-11H2,1-2H3,(H,18,19). The first-order valence-corrected chi connectivity index (χ1v) is 8.98. The maximum atomic E-state index is 11.7. The maximum Gasteiger partial charge on any atom is 0.305 e. The quantitative estimate of drug-likeness (QED) is 0.676. The zero-order valence-electron chi connectivity index (χ0n) is 13.2. The summed E-state index contributed by atoms with van der Waals surface area (Å²) >= 11 is 0. The van der Waals surface area contributed by atoms with Gasteiger partial charge in [-0.15, -0.1) is 0 Å². The van der Waals surface area contributed by atoms with Crippen molar-refractivity contribution in [1.82, 2.24) is 4.90 Å². The largest absolute Gasteiger partial charge is 0.494 e. The highest BCUT2D eigenvalue weighted by atomic mass is 32.2. The highest BCUT2D eigenvalue weighted by Crippen LogP contribution is 2.16. The van der Waals surface area contributed by atoms with Gasteiger partial charge in [-0.2, -0.15) is 0 Å². The molecule has 0 aliphatic rings. The van der Waals surface area contributed by atoms with Gasteiger partial charge in [0, 0.05) is 26.3 Å². The van der Waals surface area contributed by atoms with Crippen LogP contribution in [0.5, 0.6) is 5.75 Å². The SMILES string of the molecule is CN(CCC(=O)O)C(=O)CCCOc1ccc(S(C)(=O)=O)cc1. The fourth-order valence-corrected chi connectivity index (χ4v) is 2.41. The van der Waals surface area contributed by atoms with Gasteiger partial charge in [-0.1, -0.05) is 0 Å². The van der Waals surface area contributed by atoms with Crippen molar-refractivity contribution in [3.63, 3.8) is 0 Å². The third-order valence-corrected chi connectivity index (χ3v) is 4.27. The van der Waals surface area contributed by atoms with Gasteiger partial charge >= 0.3 is 5.97 Å². The number of carboxylic acid groups (broad SMARTS) is 1. The lowest BCUT2D eigenvalue weighted by Crippen LogP contribution is -2.29. The highest BCUT2D eigenvalue weighted by Gasteiger charge is 2.10. The number of carbonyl (C=O) groups excluding carboxylic acids is 1. The summed E-state index contributed by atoms with van der Waals surface area (Å²) in [6.07, 6.45) is 1.81. The van der Waals surface area contributed by atoms with Gasteiger partial charge in [-0.3, -0.25) is 9.59 Å². The van der Waals surface area contributed by atoms with Gasteiger partial charge in [0.05, 0.1) is 17.9 Å². The third-order valence-electron chi connectivity index (χ3n) is 3.14. The Kier molecular flexibility index (Phi) is 7.02. The number of benzene rings is 1. The van der Waals surface area contributed by atoms with E-state index in [4.69, 9.17) is 9.84 Å². The van der Waals surface area contributed by atoms with Gasteiger partial charge in [0.25, 0.3) is 0 Å². The summed E-state index contributed by atoms with van der Waals surface area (Å²) in [6, 6.07) is 6.07. The summed E-state index contributed by atoms with van der Waals surface area (Å²) in [5.74, 6) is -0.545. The second-order valence-electron chi connectivity index (χ2n) is 5.15. The van der Waals surface area contributed by atoms with Gasteiger partial charge in [0.2, 0.25) is 5.91 Å². The minimum atomic E-state index is -3.22. The van der Waals surface area contributed by atoms with Crippen LogP contribution in [0, 0.1) is 0 Å². The first-order chi connectivity index (χ1) is 10.7. The molecule has 1 amide bonds. The Hall–Kier alpha value is -2.09. The number of carbonyl (C=O) groups is 2. The molecule has 128 valence electrons. The average molecular weight is 343 g/mol. The molecule has 0 unspecified atom stereocenters. The molecule has 0 aliphatic heterocycles. The van der Waals surface area contributed by atoms with Gasteiger partial charge in [0.1, 0.15) is 5.75 Å². The molecule has 0 radical (unpaired) electrons. The van der Waals surface area contributed by atoms with Crippen molar-refractivity contribution in [2.24, 2.45) is 0 Å². The molecule has 0 aliphatic carbocycles. The number of carboxylic acids is 1. The van der Waals surface area contributed by atoms with Gasteiger partial charge < -0.3 is 14.7 Å². The lowest BCUT2D eigenvalue weighted by molar-refractivity contribution is -0.138. The molecule has 0 saturated carbocycles. The summed E-state index contributed by atoms with van der Waals surface area (Å²) in [6.45, 7) is 0.499. The maximum absolute atomic E-state index is 11.7. The van der Waals surface area contributed by atoms with Gasteiger partial charge in [0.15, 0.2) is 9.84 Å². The van der Waals surface area contributed by atoms with Crippen LogP contribution in [0.4, 0.5) is 0 Å². The second kappa shape index (κ2) is 8.52. The van der Waals surface area contributed by atoms with Crippen LogP contribution in [0.25, 0.3) is 0 Å². The van der Waals surface area contributed by atoms with Crippen LogP contribution < -0.4 is 4.74 Å². The van der Waals surface area contributed by atoms with E-state index in [1.807, 2.05) is 0 Å². The van der Waals surface area contributed by atoms with Crippen LogP contribution in [0.15, 0.2) is 29.2 Å². The number of hydrogen-bond donors (Lipinski definition) is 1. The number of rotatable bonds is 9. The minimum Gasteiger partial charge on any atom is -0.494 e. The number of hydrogen-bond acceptors (Lipinski definition) is 5.